The molecule has 29 heavy (non-hydrogen) atoms. The Morgan fingerprint density at radius 1 is 1.10 bits per heavy atom. The summed E-state index contributed by atoms with van der Waals surface area (Å²) in [6.07, 6.45) is 4.95. The molecular weight excluding hydrogens is 477 g/mol. The molecule has 2 unspecified atom stereocenters. The second-order valence-electron chi connectivity index (χ2n) is 9.09. The van der Waals surface area contributed by atoms with E-state index in [4.69, 9.17) is 0 Å². The van der Waals surface area contributed by atoms with Crippen LogP contribution in [0.25, 0.3) is 0 Å². The van der Waals surface area contributed by atoms with Crippen LogP contribution in [0.15, 0.2) is 23.5 Å². The first-order valence-electron chi connectivity index (χ1n) is 10.6. The van der Waals surface area contributed by atoms with Gasteiger partial charge in [-0.05, 0) is 38.2 Å². The number of aliphatic imine (C=N–C) groups is 1. The molecule has 1 N–H and O–H groups in total. The lowest BCUT2D eigenvalue weighted by Crippen LogP contribution is -2.59. The fourth-order valence-corrected chi connectivity index (χ4v) is 4.47. The smallest absolute Gasteiger partial charge is 0.225 e. The Morgan fingerprint density at radius 3 is 2.24 bits per heavy atom. The van der Waals surface area contributed by atoms with Crippen LogP contribution in [0.5, 0.6) is 0 Å². The Hall–Kier alpha value is -1.16. The third-order valence-electron chi connectivity index (χ3n) is 6.03. The molecule has 8 heteroatoms. The van der Waals surface area contributed by atoms with Crippen LogP contribution in [0.4, 0.5) is 5.95 Å². The number of nitrogens with zero attached hydrogens (tertiary/aromatic N) is 6. The molecule has 0 aromatic carbocycles. The van der Waals surface area contributed by atoms with E-state index in [0.717, 1.165) is 56.5 Å². The highest BCUT2D eigenvalue weighted by Gasteiger charge is 2.33. The summed E-state index contributed by atoms with van der Waals surface area (Å²) in [4.78, 5) is 20.5. The minimum atomic E-state index is 0. The topological polar surface area (TPSA) is 59.9 Å². The second kappa shape index (κ2) is 10.7. The average molecular weight is 515 g/mol. The molecule has 2 atom stereocenters. The Labute approximate surface area is 193 Å². The van der Waals surface area contributed by atoms with E-state index in [-0.39, 0.29) is 29.5 Å². The van der Waals surface area contributed by atoms with Crippen LogP contribution in [-0.2, 0) is 0 Å². The van der Waals surface area contributed by atoms with Crippen molar-refractivity contribution in [2.45, 2.75) is 39.7 Å². The van der Waals surface area contributed by atoms with Gasteiger partial charge >= 0.3 is 0 Å². The van der Waals surface area contributed by atoms with E-state index in [1.165, 1.54) is 19.5 Å². The number of aromatic nitrogens is 2. The molecule has 7 nitrogen and oxygen atoms in total. The second-order valence-corrected chi connectivity index (χ2v) is 9.09. The summed E-state index contributed by atoms with van der Waals surface area (Å²) in [6, 6.07) is 1.86. The lowest BCUT2D eigenvalue weighted by atomic mass is 9.88. The number of hydrogen-bond donors (Lipinski definition) is 1. The fourth-order valence-electron chi connectivity index (χ4n) is 4.47. The van der Waals surface area contributed by atoms with E-state index in [9.17, 15) is 0 Å². The molecule has 0 radical (unpaired) electrons. The van der Waals surface area contributed by atoms with E-state index >= 15 is 0 Å². The van der Waals surface area contributed by atoms with Crippen molar-refractivity contribution in [1.82, 2.24) is 25.1 Å². The van der Waals surface area contributed by atoms with Crippen molar-refractivity contribution in [2.24, 2.45) is 16.8 Å². The van der Waals surface area contributed by atoms with Crippen LogP contribution < -0.4 is 10.2 Å². The summed E-state index contributed by atoms with van der Waals surface area (Å²) in [5.74, 6) is 3.37. The molecule has 164 valence electrons. The number of anilines is 1. The summed E-state index contributed by atoms with van der Waals surface area (Å²) >= 11 is 0. The highest BCUT2D eigenvalue weighted by Crippen LogP contribution is 2.26. The first-order valence-corrected chi connectivity index (χ1v) is 10.6. The number of guanidine groups is 1. The molecule has 0 spiro atoms. The van der Waals surface area contributed by atoms with E-state index in [0.29, 0.717) is 0 Å². The average Bonchev–Trinajstić information content (AvgIpc) is 2.69. The monoisotopic (exact) mass is 515 g/mol. The number of rotatable bonds is 4. The van der Waals surface area contributed by atoms with E-state index in [2.05, 4.69) is 62.7 Å². The molecule has 1 aromatic rings. The summed E-state index contributed by atoms with van der Waals surface area (Å²) < 4.78 is 0. The van der Waals surface area contributed by atoms with Crippen LogP contribution in [0.3, 0.4) is 0 Å². The van der Waals surface area contributed by atoms with Gasteiger partial charge in [0.1, 0.15) is 0 Å². The molecule has 0 aliphatic carbocycles. The predicted molar refractivity (Wildman–Crippen MR) is 131 cm³/mol. The van der Waals surface area contributed by atoms with Gasteiger partial charge in [0.2, 0.25) is 5.95 Å². The number of likely N-dealkylation sites (tertiary alicyclic amines) is 1. The zero-order valence-electron chi connectivity index (χ0n) is 18.6. The van der Waals surface area contributed by atoms with Crippen LogP contribution in [0.1, 0.15) is 34.1 Å². The van der Waals surface area contributed by atoms with Gasteiger partial charge in [0.05, 0.1) is 0 Å². The molecule has 2 saturated heterocycles. The molecule has 2 aliphatic rings. The van der Waals surface area contributed by atoms with Crippen LogP contribution in [0, 0.1) is 11.8 Å². The molecule has 0 saturated carbocycles. The molecule has 0 amide bonds. The number of hydrogen-bond acceptors (Lipinski definition) is 5. The number of nitrogens with one attached hydrogen (secondary N) is 1. The summed E-state index contributed by atoms with van der Waals surface area (Å²) in [5.41, 5.74) is 0.110. The lowest BCUT2D eigenvalue weighted by molar-refractivity contribution is 0.0480. The van der Waals surface area contributed by atoms with Gasteiger partial charge in [0, 0.05) is 70.8 Å². The van der Waals surface area contributed by atoms with Crippen molar-refractivity contribution in [2.75, 3.05) is 57.8 Å². The first-order chi connectivity index (χ1) is 13.4. The van der Waals surface area contributed by atoms with E-state index < -0.39 is 0 Å². The molecule has 3 rings (SSSR count). The third kappa shape index (κ3) is 6.41. The third-order valence-corrected chi connectivity index (χ3v) is 6.03. The van der Waals surface area contributed by atoms with Gasteiger partial charge in [-0.2, -0.15) is 0 Å². The Bertz CT molecular complexity index is 634. The van der Waals surface area contributed by atoms with Crippen molar-refractivity contribution >= 4 is 35.9 Å². The van der Waals surface area contributed by atoms with Gasteiger partial charge in [-0.15, -0.1) is 24.0 Å². The normalized spacial score (nSPS) is 24.2. The molecule has 1 aromatic heterocycles. The number of piperidine rings is 1. The maximum atomic E-state index is 4.55. The van der Waals surface area contributed by atoms with Gasteiger partial charge in [0.15, 0.2) is 5.96 Å². The Balaban J connectivity index is 0.00000300. The van der Waals surface area contributed by atoms with E-state index in [1.54, 1.807) is 12.4 Å². The maximum absolute atomic E-state index is 4.55. The standard InChI is InChI=1S/C21H37N7.HI/c1-17-13-18(2)15-28(14-17)21(3,4)16-25-19(22-5)26-9-11-27(12-10-26)20-23-7-6-8-24-20;/h6-8,17-18H,9-16H2,1-5H3,(H,22,25);1H. The van der Waals surface area contributed by atoms with Gasteiger partial charge in [0.25, 0.3) is 0 Å². The Morgan fingerprint density at radius 2 is 1.69 bits per heavy atom. The van der Waals surface area contributed by atoms with Crippen molar-refractivity contribution in [1.29, 1.82) is 0 Å². The quantitative estimate of drug-likeness (QED) is 0.378. The van der Waals surface area contributed by atoms with Gasteiger partial charge < -0.3 is 15.1 Å². The summed E-state index contributed by atoms with van der Waals surface area (Å²) in [7, 11) is 1.88. The molecular formula is C21H38IN7. The maximum Gasteiger partial charge on any atom is 0.225 e. The fraction of sp³-hybridized carbons (Fsp3) is 0.762. The number of halogens is 1. The zero-order chi connectivity index (χ0) is 20.1. The van der Waals surface area contributed by atoms with Crippen molar-refractivity contribution in [3.8, 4) is 0 Å². The largest absolute Gasteiger partial charge is 0.354 e. The van der Waals surface area contributed by atoms with Gasteiger partial charge in [-0.1, -0.05) is 13.8 Å². The van der Waals surface area contributed by atoms with Crippen molar-refractivity contribution < 1.29 is 0 Å². The molecule has 3 heterocycles. The summed E-state index contributed by atoms with van der Waals surface area (Å²) in [5, 5.41) is 3.65. The van der Waals surface area contributed by atoms with Crippen molar-refractivity contribution in [3.05, 3.63) is 18.5 Å². The molecule has 0 bridgehead atoms. The molecule has 2 aliphatic heterocycles. The van der Waals surface area contributed by atoms with E-state index in [1.807, 2.05) is 13.1 Å². The van der Waals surface area contributed by atoms with Gasteiger partial charge in [-0.3, -0.25) is 9.89 Å². The zero-order valence-corrected chi connectivity index (χ0v) is 21.0. The van der Waals surface area contributed by atoms with Crippen LogP contribution >= 0.6 is 24.0 Å². The highest BCUT2D eigenvalue weighted by atomic mass is 127. The first kappa shape index (κ1) is 24.1. The minimum Gasteiger partial charge on any atom is -0.354 e. The van der Waals surface area contributed by atoms with Crippen LogP contribution in [-0.4, -0.2) is 84.1 Å². The van der Waals surface area contributed by atoms with Gasteiger partial charge in [-0.25, -0.2) is 9.97 Å². The number of piperazine rings is 1. The van der Waals surface area contributed by atoms with Crippen LogP contribution in [0.2, 0.25) is 0 Å². The van der Waals surface area contributed by atoms with Crippen molar-refractivity contribution in [3.63, 3.8) is 0 Å². The highest BCUT2D eigenvalue weighted by molar-refractivity contribution is 14.0. The lowest BCUT2D eigenvalue weighted by Gasteiger charge is -2.46. The molecule has 2 fully saturated rings. The predicted octanol–water partition coefficient (Wildman–Crippen LogP) is 2.55. The Kier molecular flexibility index (Phi) is 8.93. The summed E-state index contributed by atoms with van der Waals surface area (Å²) in [6.45, 7) is 16.4. The minimum absolute atomic E-state index is 0. The SMILES string of the molecule is CN=C(NCC(C)(C)N1CC(C)CC(C)C1)N1CCN(c2ncccn2)CC1.I.